The van der Waals surface area contributed by atoms with Crippen molar-refractivity contribution >= 4 is 33.6 Å². The Balaban J connectivity index is 1.70. The highest BCUT2D eigenvalue weighted by Crippen LogP contribution is 2.29. The number of pyridine rings is 1. The number of methoxy groups -OCH3 is 1. The van der Waals surface area contributed by atoms with Crippen molar-refractivity contribution in [1.82, 2.24) is 10.3 Å². The lowest BCUT2D eigenvalue weighted by molar-refractivity contribution is -0.124. The van der Waals surface area contributed by atoms with Gasteiger partial charge in [-0.15, -0.1) is 6.58 Å². The Morgan fingerprint density at radius 2 is 1.81 bits per heavy atom. The van der Waals surface area contributed by atoms with Crippen LogP contribution in [0.5, 0.6) is 5.75 Å². The molecule has 32 heavy (non-hydrogen) atoms. The molecule has 0 saturated carbocycles. The number of carbonyl (C=O) groups excluding carboxylic acids is 2. The van der Waals surface area contributed by atoms with Crippen molar-refractivity contribution in [3.8, 4) is 17.0 Å². The molecule has 6 heteroatoms. The molecule has 0 aliphatic carbocycles. The molecule has 0 bridgehead atoms. The van der Waals surface area contributed by atoms with Crippen LogP contribution in [-0.2, 0) is 9.53 Å². The third kappa shape index (κ3) is 4.44. The summed E-state index contributed by atoms with van der Waals surface area (Å²) >= 11 is 0. The largest absolute Gasteiger partial charge is 0.497 e. The molecule has 1 N–H and O–H groups in total. The standard InChI is InChI=1S/C26H22N2O4/c1-3-12-27-25(29)16-32-26(30)22-15-24(28-23-7-5-4-6-21(22)23)19-9-8-18-14-20(31-2)11-10-17(18)13-19/h3-11,13-15H,1,12,16H2,2H3,(H,27,29). The molecule has 0 spiro atoms. The number of hydrogen-bond donors (Lipinski definition) is 1. The quantitative estimate of drug-likeness (QED) is 0.347. The number of para-hydroxylation sites is 1. The average Bonchev–Trinajstić information content (AvgIpc) is 2.84. The molecule has 0 aliphatic rings. The second-order valence-electron chi connectivity index (χ2n) is 7.17. The first kappa shape index (κ1) is 21.1. The number of rotatable bonds is 7. The Morgan fingerprint density at radius 1 is 1.03 bits per heavy atom. The summed E-state index contributed by atoms with van der Waals surface area (Å²) in [5.74, 6) is -0.179. The van der Waals surface area contributed by atoms with Crippen LogP contribution in [0.25, 0.3) is 32.9 Å². The summed E-state index contributed by atoms with van der Waals surface area (Å²) in [7, 11) is 1.64. The number of amides is 1. The molecule has 3 aromatic carbocycles. The molecule has 160 valence electrons. The first-order valence-electron chi connectivity index (χ1n) is 10.1. The summed E-state index contributed by atoms with van der Waals surface area (Å²) in [5.41, 5.74) is 2.54. The minimum atomic E-state index is -0.580. The lowest BCUT2D eigenvalue weighted by Gasteiger charge is -2.11. The van der Waals surface area contributed by atoms with E-state index in [2.05, 4.69) is 11.9 Å². The summed E-state index contributed by atoms with van der Waals surface area (Å²) in [6, 6.07) is 20.9. The van der Waals surface area contributed by atoms with Crippen LogP contribution >= 0.6 is 0 Å². The van der Waals surface area contributed by atoms with Crippen molar-refractivity contribution in [2.45, 2.75) is 0 Å². The van der Waals surface area contributed by atoms with Crippen LogP contribution in [0, 0.1) is 0 Å². The minimum absolute atomic E-state index is 0.312. The molecule has 0 atom stereocenters. The number of nitrogens with one attached hydrogen (secondary N) is 1. The molecule has 4 aromatic rings. The number of ether oxygens (including phenoxy) is 2. The van der Waals surface area contributed by atoms with Crippen molar-refractivity contribution in [1.29, 1.82) is 0 Å². The van der Waals surface area contributed by atoms with Gasteiger partial charge in [-0.05, 0) is 41.1 Å². The highest BCUT2D eigenvalue weighted by molar-refractivity contribution is 6.05. The highest BCUT2D eigenvalue weighted by atomic mass is 16.5. The van der Waals surface area contributed by atoms with Crippen molar-refractivity contribution in [3.63, 3.8) is 0 Å². The van der Waals surface area contributed by atoms with Gasteiger partial charge in [0.05, 0.1) is 23.9 Å². The first-order valence-corrected chi connectivity index (χ1v) is 10.1. The van der Waals surface area contributed by atoms with Gasteiger partial charge in [0.25, 0.3) is 5.91 Å². The van der Waals surface area contributed by atoms with Gasteiger partial charge in [-0.25, -0.2) is 9.78 Å². The molecule has 0 fully saturated rings. The molecule has 6 nitrogen and oxygen atoms in total. The predicted molar refractivity (Wildman–Crippen MR) is 125 cm³/mol. The lowest BCUT2D eigenvalue weighted by atomic mass is 10.0. The van der Waals surface area contributed by atoms with Crippen LogP contribution in [0.4, 0.5) is 0 Å². The van der Waals surface area contributed by atoms with Gasteiger partial charge >= 0.3 is 5.97 Å². The molecular formula is C26H22N2O4. The SMILES string of the molecule is C=CCNC(=O)COC(=O)c1cc(-c2ccc3cc(OC)ccc3c2)nc2ccccc12. The zero-order valence-corrected chi connectivity index (χ0v) is 17.6. The predicted octanol–water partition coefficient (Wildman–Crippen LogP) is 4.52. The number of fused-ring (bicyclic) bond motifs is 2. The van der Waals surface area contributed by atoms with Gasteiger partial charge in [-0.3, -0.25) is 4.79 Å². The number of benzene rings is 3. The van der Waals surface area contributed by atoms with Crippen LogP contribution in [0.2, 0.25) is 0 Å². The number of nitrogens with zero attached hydrogens (tertiary/aromatic N) is 1. The van der Waals surface area contributed by atoms with Crippen LogP contribution in [0.3, 0.4) is 0 Å². The summed E-state index contributed by atoms with van der Waals surface area (Å²) in [5, 5.41) is 5.32. The van der Waals surface area contributed by atoms with E-state index in [1.54, 1.807) is 19.3 Å². The monoisotopic (exact) mass is 426 g/mol. The van der Waals surface area contributed by atoms with Crippen LogP contribution < -0.4 is 10.1 Å². The average molecular weight is 426 g/mol. The van der Waals surface area contributed by atoms with Crippen LogP contribution in [0.1, 0.15) is 10.4 Å². The van der Waals surface area contributed by atoms with E-state index in [-0.39, 0.29) is 12.5 Å². The van der Waals surface area contributed by atoms with Gasteiger partial charge in [0.15, 0.2) is 6.61 Å². The van der Waals surface area contributed by atoms with Gasteiger partial charge in [0, 0.05) is 17.5 Å². The smallest absolute Gasteiger partial charge is 0.339 e. The molecule has 0 aliphatic heterocycles. The Morgan fingerprint density at radius 3 is 2.62 bits per heavy atom. The van der Waals surface area contributed by atoms with E-state index in [4.69, 9.17) is 14.5 Å². The Labute approximate surface area is 185 Å². The molecule has 0 saturated heterocycles. The molecule has 1 aromatic heterocycles. The molecular weight excluding hydrogens is 404 g/mol. The third-order valence-corrected chi connectivity index (χ3v) is 5.06. The van der Waals surface area contributed by atoms with Gasteiger partial charge in [-0.1, -0.05) is 42.5 Å². The summed E-state index contributed by atoms with van der Waals surface area (Å²) in [6.45, 7) is 3.49. The van der Waals surface area contributed by atoms with E-state index in [1.807, 2.05) is 60.7 Å². The fourth-order valence-electron chi connectivity index (χ4n) is 3.45. The Hall–Kier alpha value is -4.19. The van der Waals surface area contributed by atoms with Gasteiger partial charge in [0.1, 0.15) is 5.75 Å². The van der Waals surface area contributed by atoms with Crippen molar-refractivity contribution < 1.29 is 19.1 Å². The zero-order chi connectivity index (χ0) is 22.5. The fourth-order valence-corrected chi connectivity index (χ4v) is 3.45. The zero-order valence-electron chi connectivity index (χ0n) is 17.6. The molecule has 0 radical (unpaired) electrons. The van der Waals surface area contributed by atoms with Crippen LogP contribution in [0.15, 0.2) is 79.4 Å². The molecule has 1 heterocycles. The number of aromatic nitrogens is 1. The third-order valence-electron chi connectivity index (χ3n) is 5.06. The topological polar surface area (TPSA) is 77.5 Å². The summed E-state index contributed by atoms with van der Waals surface area (Å²) in [4.78, 5) is 29.4. The Bertz CT molecular complexity index is 1330. The first-order chi connectivity index (χ1) is 15.6. The van der Waals surface area contributed by atoms with Crippen molar-refractivity contribution in [2.75, 3.05) is 20.3 Å². The van der Waals surface area contributed by atoms with E-state index in [0.29, 0.717) is 28.7 Å². The summed E-state index contributed by atoms with van der Waals surface area (Å²) < 4.78 is 10.5. The molecule has 0 unspecified atom stereocenters. The Kier molecular flexibility index (Phi) is 6.12. The van der Waals surface area contributed by atoms with Gasteiger partial charge < -0.3 is 14.8 Å². The number of carbonyl (C=O) groups is 2. The van der Waals surface area contributed by atoms with E-state index < -0.39 is 5.97 Å². The van der Waals surface area contributed by atoms with E-state index in [1.165, 1.54) is 0 Å². The maximum absolute atomic E-state index is 12.8. The van der Waals surface area contributed by atoms with Crippen molar-refractivity contribution in [3.05, 3.63) is 84.9 Å². The fraction of sp³-hybridized carbons (Fsp3) is 0.115. The van der Waals surface area contributed by atoms with E-state index >= 15 is 0 Å². The second-order valence-corrected chi connectivity index (χ2v) is 7.17. The molecule has 1 amide bonds. The van der Waals surface area contributed by atoms with Gasteiger partial charge in [-0.2, -0.15) is 0 Å². The normalized spacial score (nSPS) is 10.7. The maximum atomic E-state index is 12.8. The molecule has 4 rings (SSSR count). The second kappa shape index (κ2) is 9.31. The van der Waals surface area contributed by atoms with E-state index in [9.17, 15) is 9.59 Å². The van der Waals surface area contributed by atoms with Gasteiger partial charge in [0.2, 0.25) is 0 Å². The lowest BCUT2D eigenvalue weighted by Crippen LogP contribution is -2.28. The van der Waals surface area contributed by atoms with E-state index in [0.717, 1.165) is 22.1 Å². The van der Waals surface area contributed by atoms with Crippen LogP contribution in [-0.4, -0.2) is 37.1 Å². The van der Waals surface area contributed by atoms with Crippen molar-refractivity contribution in [2.24, 2.45) is 0 Å². The maximum Gasteiger partial charge on any atom is 0.339 e. The number of hydrogen-bond acceptors (Lipinski definition) is 5. The number of esters is 1. The summed E-state index contributed by atoms with van der Waals surface area (Å²) in [6.07, 6.45) is 1.56. The highest BCUT2D eigenvalue weighted by Gasteiger charge is 2.16. The minimum Gasteiger partial charge on any atom is -0.497 e.